The quantitative estimate of drug-likeness (QED) is 0.581. The molecule has 0 spiro atoms. The molecule has 1 aromatic rings. The van der Waals surface area contributed by atoms with Gasteiger partial charge in [-0.15, -0.1) is 0 Å². The van der Waals surface area contributed by atoms with Crippen molar-refractivity contribution in [3.05, 3.63) is 39.9 Å². The Morgan fingerprint density at radius 3 is 2.62 bits per heavy atom. The molecule has 0 unspecified atom stereocenters. The number of nitrogens with zero attached hydrogens (tertiary/aromatic N) is 1. The van der Waals surface area contributed by atoms with Crippen LogP contribution < -0.4 is 10.0 Å². The minimum atomic E-state index is -3.41. The minimum absolute atomic E-state index is 0.0450. The molecule has 0 saturated carbocycles. The molecule has 1 aliphatic heterocycles. The highest BCUT2D eigenvalue weighted by Gasteiger charge is 2.16. The fourth-order valence-electron chi connectivity index (χ4n) is 2.38. The van der Waals surface area contributed by atoms with Gasteiger partial charge in [-0.25, -0.2) is 13.1 Å². The van der Waals surface area contributed by atoms with Gasteiger partial charge in [0.15, 0.2) is 0 Å². The van der Waals surface area contributed by atoms with E-state index < -0.39 is 14.9 Å². The molecule has 0 radical (unpaired) electrons. The van der Waals surface area contributed by atoms with E-state index in [0.29, 0.717) is 18.2 Å². The molecule has 21 heavy (non-hydrogen) atoms. The second-order valence-corrected chi connectivity index (χ2v) is 6.97. The van der Waals surface area contributed by atoms with Crippen molar-refractivity contribution in [2.75, 3.05) is 13.1 Å². The Morgan fingerprint density at radius 1 is 1.33 bits per heavy atom. The van der Waals surface area contributed by atoms with Crippen LogP contribution in [0.4, 0.5) is 5.69 Å². The molecule has 8 heteroatoms. The smallest absolute Gasteiger partial charge is 0.269 e. The summed E-state index contributed by atoms with van der Waals surface area (Å²) in [5, 5.41) is 13.8. The first-order valence-electron chi connectivity index (χ1n) is 6.90. The minimum Gasteiger partial charge on any atom is -0.314 e. The summed E-state index contributed by atoms with van der Waals surface area (Å²) in [7, 11) is -3.41. The fraction of sp³-hybridized carbons (Fsp3) is 0.538. The highest BCUT2D eigenvalue weighted by molar-refractivity contribution is 7.88. The van der Waals surface area contributed by atoms with Crippen LogP contribution in [0.15, 0.2) is 24.3 Å². The van der Waals surface area contributed by atoms with Crippen LogP contribution in [0, 0.1) is 10.1 Å². The molecule has 2 N–H and O–H groups in total. The summed E-state index contributed by atoms with van der Waals surface area (Å²) >= 11 is 0. The van der Waals surface area contributed by atoms with Gasteiger partial charge in [-0.3, -0.25) is 10.1 Å². The van der Waals surface area contributed by atoms with E-state index in [1.165, 1.54) is 24.3 Å². The third-order valence-corrected chi connectivity index (χ3v) is 4.84. The summed E-state index contributed by atoms with van der Waals surface area (Å²) in [6.45, 7) is 1.41. The van der Waals surface area contributed by atoms with E-state index in [1.54, 1.807) is 0 Å². The second kappa shape index (κ2) is 6.97. The lowest BCUT2D eigenvalue weighted by atomic mass is 10.2. The van der Waals surface area contributed by atoms with Gasteiger partial charge in [0.25, 0.3) is 5.69 Å². The lowest BCUT2D eigenvalue weighted by Crippen LogP contribution is -2.31. The molecule has 1 heterocycles. The fourth-order valence-corrected chi connectivity index (χ4v) is 3.54. The number of sulfonamides is 1. The zero-order valence-electron chi connectivity index (χ0n) is 11.6. The average Bonchev–Trinajstić information content (AvgIpc) is 2.91. The molecule has 0 aromatic heterocycles. The van der Waals surface area contributed by atoms with Gasteiger partial charge in [0.05, 0.1) is 10.7 Å². The Hall–Kier alpha value is -1.51. The van der Waals surface area contributed by atoms with E-state index >= 15 is 0 Å². The van der Waals surface area contributed by atoms with Crippen molar-refractivity contribution >= 4 is 15.7 Å². The third-order valence-electron chi connectivity index (χ3n) is 3.48. The van der Waals surface area contributed by atoms with E-state index in [2.05, 4.69) is 10.0 Å². The number of rotatable bonds is 7. The van der Waals surface area contributed by atoms with E-state index in [1.807, 2.05) is 0 Å². The van der Waals surface area contributed by atoms with Crippen molar-refractivity contribution < 1.29 is 13.3 Å². The van der Waals surface area contributed by atoms with Crippen molar-refractivity contribution in [2.24, 2.45) is 0 Å². The normalized spacial score (nSPS) is 18.8. The lowest BCUT2D eigenvalue weighted by Gasteiger charge is -2.11. The van der Waals surface area contributed by atoms with Crippen LogP contribution in [0.2, 0.25) is 0 Å². The molecule has 7 nitrogen and oxygen atoms in total. The van der Waals surface area contributed by atoms with Crippen molar-refractivity contribution in [1.82, 2.24) is 10.0 Å². The number of hydrogen-bond donors (Lipinski definition) is 2. The topological polar surface area (TPSA) is 101 Å². The zero-order chi connectivity index (χ0) is 15.3. The number of hydrogen-bond acceptors (Lipinski definition) is 5. The van der Waals surface area contributed by atoms with Crippen molar-refractivity contribution in [2.45, 2.75) is 31.1 Å². The van der Waals surface area contributed by atoms with E-state index in [-0.39, 0.29) is 11.4 Å². The molecule has 0 bridgehead atoms. The molecule has 1 atom stereocenters. The molecule has 0 amide bonds. The maximum Gasteiger partial charge on any atom is 0.269 e. The molecule has 1 saturated heterocycles. The van der Waals surface area contributed by atoms with Crippen molar-refractivity contribution in [3.8, 4) is 0 Å². The van der Waals surface area contributed by atoms with Crippen LogP contribution in [-0.4, -0.2) is 32.5 Å². The van der Waals surface area contributed by atoms with Gasteiger partial charge in [0.2, 0.25) is 10.0 Å². The van der Waals surface area contributed by atoms with Gasteiger partial charge < -0.3 is 5.32 Å². The SMILES string of the molecule is O=[N+]([O-])c1ccc(CS(=O)(=O)NCC[C@H]2CCCN2)cc1. The Labute approximate surface area is 123 Å². The van der Waals surface area contributed by atoms with Crippen LogP contribution >= 0.6 is 0 Å². The predicted octanol–water partition coefficient (Wildman–Crippen LogP) is 1.16. The summed E-state index contributed by atoms with van der Waals surface area (Å²) in [4.78, 5) is 10.0. The van der Waals surface area contributed by atoms with E-state index in [9.17, 15) is 18.5 Å². The molecule has 1 aliphatic rings. The van der Waals surface area contributed by atoms with Gasteiger partial charge in [0.1, 0.15) is 0 Å². The van der Waals surface area contributed by atoms with Gasteiger partial charge in [-0.1, -0.05) is 12.1 Å². The van der Waals surface area contributed by atoms with Gasteiger partial charge in [-0.2, -0.15) is 0 Å². The highest BCUT2D eigenvalue weighted by atomic mass is 32.2. The molecule has 2 rings (SSSR count). The van der Waals surface area contributed by atoms with Gasteiger partial charge >= 0.3 is 0 Å². The summed E-state index contributed by atoms with van der Waals surface area (Å²) in [6.07, 6.45) is 3.00. The maximum absolute atomic E-state index is 11.9. The average molecular weight is 313 g/mol. The monoisotopic (exact) mass is 313 g/mol. The third kappa shape index (κ3) is 5.07. The zero-order valence-corrected chi connectivity index (χ0v) is 12.4. The Bertz CT molecular complexity index is 580. The Balaban J connectivity index is 1.83. The van der Waals surface area contributed by atoms with Crippen molar-refractivity contribution in [3.63, 3.8) is 0 Å². The summed E-state index contributed by atoms with van der Waals surface area (Å²) in [6, 6.07) is 5.96. The molecule has 1 aromatic carbocycles. The second-order valence-electron chi connectivity index (χ2n) is 5.16. The van der Waals surface area contributed by atoms with Crippen molar-refractivity contribution in [1.29, 1.82) is 0 Å². The molecular weight excluding hydrogens is 294 g/mol. The number of nitrogens with one attached hydrogen (secondary N) is 2. The summed E-state index contributed by atoms with van der Waals surface area (Å²) < 4.78 is 26.4. The number of non-ortho nitro benzene ring substituents is 1. The molecular formula is C13H19N3O4S. The first-order valence-corrected chi connectivity index (χ1v) is 8.55. The number of nitro groups is 1. The van der Waals surface area contributed by atoms with Crippen LogP contribution in [0.5, 0.6) is 0 Å². The summed E-state index contributed by atoms with van der Waals surface area (Å²) in [5.41, 5.74) is 0.489. The van der Waals surface area contributed by atoms with E-state index in [4.69, 9.17) is 0 Å². The molecule has 116 valence electrons. The van der Waals surface area contributed by atoms with E-state index in [0.717, 1.165) is 25.8 Å². The first kappa shape index (κ1) is 15.9. The van der Waals surface area contributed by atoms with Crippen LogP contribution in [-0.2, 0) is 15.8 Å². The van der Waals surface area contributed by atoms with Gasteiger partial charge in [-0.05, 0) is 31.4 Å². The number of benzene rings is 1. The maximum atomic E-state index is 11.9. The predicted molar refractivity (Wildman–Crippen MR) is 79.4 cm³/mol. The lowest BCUT2D eigenvalue weighted by molar-refractivity contribution is -0.384. The van der Waals surface area contributed by atoms with Crippen LogP contribution in [0.3, 0.4) is 0 Å². The van der Waals surface area contributed by atoms with Gasteiger partial charge in [0, 0.05) is 24.7 Å². The first-order chi connectivity index (χ1) is 9.96. The number of nitro benzene ring substituents is 1. The molecule has 0 aliphatic carbocycles. The Kier molecular flexibility index (Phi) is 5.27. The van der Waals surface area contributed by atoms with Crippen LogP contribution in [0.25, 0.3) is 0 Å². The Morgan fingerprint density at radius 2 is 2.05 bits per heavy atom. The molecule has 1 fully saturated rings. The largest absolute Gasteiger partial charge is 0.314 e. The summed E-state index contributed by atoms with van der Waals surface area (Å²) in [5.74, 6) is -0.164. The standard InChI is InChI=1S/C13H19N3O4S/c17-16(18)13-5-3-11(4-6-13)10-21(19,20)15-9-7-12-2-1-8-14-12/h3-6,12,14-15H,1-2,7-10H2/t12-/m1/s1. The van der Waals surface area contributed by atoms with Crippen LogP contribution in [0.1, 0.15) is 24.8 Å². The highest BCUT2D eigenvalue weighted by Crippen LogP contribution is 2.14.